The third-order valence-electron chi connectivity index (χ3n) is 4.22. The van der Waals surface area contributed by atoms with Crippen LogP contribution in [0.4, 0.5) is 0 Å². The molecule has 0 aliphatic carbocycles. The Morgan fingerprint density at radius 1 is 1.55 bits per heavy atom. The molecule has 3 aliphatic rings. The molecule has 104 valence electrons. The van der Waals surface area contributed by atoms with Crippen LogP contribution in [0.15, 0.2) is 29.3 Å². The minimum absolute atomic E-state index is 0.0518. The first-order valence-electron chi connectivity index (χ1n) is 6.57. The quantitative estimate of drug-likeness (QED) is 0.849. The van der Waals surface area contributed by atoms with Crippen LogP contribution in [0, 0.1) is 5.92 Å². The van der Waals surface area contributed by atoms with Crippen LogP contribution < -0.4 is 4.74 Å². The summed E-state index contributed by atoms with van der Waals surface area (Å²) in [7, 11) is 0. The average Bonchev–Trinajstić information content (AvgIpc) is 2.77. The van der Waals surface area contributed by atoms with Crippen LogP contribution in [0.1, 0.15) is 18.5 Å². The van der Waals surface area contributed by atoms with Crippen molar-refractivity contribution >= 4 is 22.8 Å². The topological polar surface area (TPSA) is 62.1 Å². The summed E-state index contributed by atoms with van der Waals surface area (Å²) in [5.41, 5.74) is 0.143. The first-order chi connectivity index (χ1) is 9.64. The fourth-order valence-corrected chi connectivity index (χ4v) is 4.23. The molecule has 20 heavy (non-hydrogen) atoms. The van der Waals surface area contributed by atoms with Crippen LogP contribution in [-0.4, -0.2) is 39.2 Å². The number of carbonyl (C=O) groups is 1. The summed E-state index contributed by atoms with van der Waals surface area (Å²) < 4.78 is 6.04. The molecule has 5 nitrogen and oxygen atoms in total. The molecule has 2 bridgehead atoms. The Kier molecular flexibility index (Phi) is 2.44. The van der Waals surface area contributed by atoms with Gasteiger partial charge in [0.25, 0.3) is 0 Å². The van der Waals surface area contributed by atoms with Gasteiger partial charge in [-0.1, -0.05) is 30.0 Å². The number of thioether (sulfide) groups is 1. The van der Waals surface area contributed by atoms with Crippen LogP contribution in [-0.2, 0) is 4.79 Å². The predicted molar refractivity (Wildman–Crippen MR) is 75.5 cm³/mol. The summed E-state index contributed by atoms with van der Waals surface area (Å²) in [6, 6.07) is 7.50. The number of aliphatic hydroxyl groups is 1. The van der Waals surface area contributed by atoms with Gasteiger partial charge in [-0.15, -0.1) is 0 Å². The molecule has 1 aromatic rings. The van der Waals surface area contributed by atoms with E-state index in [1.807, 2.05) is 31.2 Å². The molecule has 1 aromatic carbocycles. The molecule has 6 heteroatoms. The maximum absolute atomic E-state index is 12.2. The van der Waals surface area contributed by atoms with E-state index in [2.05, 4.69) is 4.99 Å². The Morgan fingerprint density at radius 2 is 2.35 bits per heavy atom. The Labute approximate surface area is 120 Å². The van der Waals surface area contributed by atoms with Crippen LogP contribution in [0.5, 0.6) is 5.75 Å². The van der Waals surface area contributed by atoms with Crippen molar-refractivity contribution in [2.24, 2.45) is 10.9 Å². The number of hydrogen-bond acceptors (Lipinski definition) is 5. The lowest BCUT2D eigenvalue weighted by Gasteiger charge is -2.49. The molecule has 1 saturated heterocycles. The number of carbonyl (C=O) groups excluding carboxylic acids is 1. The number of benzene rings is 1. The number of para-hydroxylation sites is 1. The normalized spacial score (nSPS) is 34.2. The largest absolute Gasteiger partial charge is 0.466 e. The molecule has 1 fully saturated rings. The number of fused-ring (bicyclic) bond motifs is 6. The predicted octanol–water partition coefficient (Wildman–Crippen LogP) is 1.39. The third kappa shape index (κ3) is 1.43. The van der Waals surface area contributed by atoms with E-state index in [4.69, 9.17) is 4.74 Å². The van der Waals surface area contributed by atoms with Crippen molar-refractivity contribution in [3.8, 4) is 5.75 Å². The average molecular weight is 290 g/mol. The summed E-state index contributed by atoms with van der Waals surface area (Å²) in [5, 5.41) is 10.5. The lowest BCUT2D eigenvalue weighted by atomic mass is 9.81. The summed E-state index contributed by atoms with van der Waals surface area (Å²) >= 11 is 1.44. The Bertz CT molecular complexity index is 633. The minimum atomic E-state index is -0.808. The minimum Gasteiger partial charge on any atom is -0.466 e. The number of rotatable bonds is 1. The maximum atomic E-state index is 12.2. The second kappa shape index (κ2) is 3.99. The fourth-order valence-electron chi connectivity index (χ4n) is 3.24. The second-order valence-corrected chi connectivity index (χ2v) is 6.32. The van der Waals surface area contributed by atoms with E-state index in [1.54, 1.807) is 4.90 Å². The highest BCUT2D eigenvalue weighted by Gasteiger charge is 2.56. The van der Waals surface area contributed by atoms with Gasteiger partial charge >= 0.3 is 0 Å². The highest BCUT2D eigenvalue weighted by Crippen LogP contribution is 2.52. The van der Waals surface area contributed by atoms with E-state index < -0.39 is 5.72 Å². The standard InChI is InChI=1S/C14H14N2O3S/c1-14-9(6-17)12(8-4-2-3-5-10(8)19-14)16-11(18)7-20-13(16)15-14/h2-5,9,12,17H,6-7H2,1H3/t9-,12-,14?/m1/s1. The maximum Gasteiger partial charge on any atom is 0.239 e. The molecular weight excluding hydrogens is 276 g/mol. The first-order valence-corrected chi connectivity index (χ1v) is 7.56. The van der Waals surface area contributed by atoms with Gasteiger partial charge in [0.15, 0.2) is 5.17 Å². The Morgan fingerprint density at radius 3 is 3.15 bits per heavy atom. The number of nitrogens with zero attached hydrogens (tertiary/aromatic N) is 2. The molecule has 0 radical (unpaired) electrons. The van der Waals surface area contributed by atoms with Gasteiger partial charge in [-0.2, -0.15) is 0 Å². The number of aliphatic hydroxyl groups excluding tert-OH is 1. The van der Waals surface area contributed by atoms with Gasteiger partial charge in [-0.05, 0) is 13.0 Å². The molecule has 4 rings (SSSR count). The van der Waals surface area contributed by atoms with E-state index in [9.17, 15) is 9.90 Å². The van der Waals surface area contributed by atoms with Gasteiger partial charge in [0, 0.05) is 5.56 Å². The lowest BCUT2D eigenvalue weighted by Crippen LogP contribution is -2.57. The number of aliphatic imine (C=N–C) groups is 1. The van der Waals surface area contributed by atoms with Gasteiger partial charge in [-0.3, -0.25) is 9.69 Å². The summed E-state index contributed by atoms with van der Waals surface area (Å²) in [5.74, 6) is 0.961. The molecule has 0 aromatic heterocycles. The van der Waals surface area contributed by atoms with Crippen molar-refractivity contribution < 1.29 is 14.6 Å². The second-order valence-electron chi connectivity index (χ2n) is 5.38. The zero-order valence-electron chi connectivity index (χ0n) is 10.9. The van der Waals surface area contributed by atoms with E-state index in [0.29, 0.717) is 10.9 Å². The molecular formula is C14H14N2O3S. The van der Waals surface area contributed by atoms with Crippen molar-refractivity contribution in [3.63, 3.8) is 0 Å². The molecule has 1 N–H and O–H groups in total. The highest BCUT2D eigenvalue weighted by atomic mass is 32.2. The zero-order chi connectivity index (χ0) is 13.9. The van der Waals surface area contributed by atoms with Gasteiger partial charge in [0.05, 0.1) is 24.3 Å². The van der Waals surface area contributed by atoms with Crippen LogP contribution in [0.25, 0.3) is 0 Å². The molecule has 3 atom stereocenters. The first kappa shape index (κ1) is 12.2. The Balaban J connectivity index is 1.96. The van der Waals surface area contributed by atoms with Crippen molar-refractivity contribution in [1.82, 2.24) is 4.90 Å². The molecule has 0 saturated carbocycles. The van der Waals surface area contributed by atoms with Gasteiger partial charge in [0.1, 0.15) is 5.75 Å². The van der Waals surface area contributed by atoms with Crippen molar-refractivity contribution in [2.75, 3.05) is 12.4 Å². The monoisotopic (exact) mass is 290 g/mol. The van der Waals surface area contributed by atoms with E-state index >= 15 is 0 Å². The van der Waals surface area contributed by atoms with Crippen LogP contribution in [0.2, 0.25) is 0 Å². The number of amides is 1. The summed E-state index contributed by atoms with van der Waals surface area (Å²) in [6.45, 7) is 1.81. The van der Waals surface area contributed by atoms with E-state index in [1.165, 1.54) is 11.8 Å². The van der Waals surface area contributed by atoms with Crippen molar-refractivity contribution in [3.05, 3.63) is 29.8 Å². The SMILES string of the molecule is CC12N=C3SCC(=O)N3[C@H](c3ccccc3O1)[C@H]2CO. The Hall–Kier alpha value is -1.53. The van der Waals surface area contributed by atoms with Gasteiger partial charge in [-0.25, -0.2) is 4.99 Å². The smallest absolute Gasteiger partial charge is 0.239 e. The lowest BCUT2D eigenvalue weighted by molar-refractivity contribution is -0.132. The van der Waals surface area contributed by atoms with Gasteiger partial charge in [0.2, 0.25) is 11.6 Å². The summed E-state index contributed by atoms with van der Waals surface area (Å²) in [6.07, 6.45) is 0. The number of hydrogen-bond donors (Lipinski definition) is 1. The van der Waals surface area contributed by atoms with E-state index in [0.717, 1.165) is 11.3 Å². The third-order valence-corrected chi connectivity index (χ3v) is 5.15. The molecule has 1 amide bonds. The highest BCUT2D eigenvalue weighted by molar-refractivity contribution is 8.15. The molecule has 0 spiro atoms. The van der Waals surface area contributed by atoms with Crippen molar-refractivity contribution in [1.29, 1.82) is 0 Å². The number of amidine groups is 1. The number of ether oxygens (including phenoxy) is 1. The van der Waals surface area contributed by atoms with Crippen LogP contribution >= 0.6 is 11.8 Å². The fraction of sp³-hybridized carbons (Fsp3) is 0.429. The molecule has 1 unspecified atom stereocenters. The molecule has 3 heterocycles. The van der Waals surface area contributed by atoms with Gasteiger partial charge < -0.3 is 9.84 Å². The molecule has 3 aliphatic heterocycles. The van der Waals surface area contributed by atoms with E-state index in [-0.39, 0.29) is 24.5 Å². The van der Waals surface area contributed by atoms with Crippen LogP contribution in [0.3, 0.4) is 0 Å². The zero-order valence-corrected chi connectivity index (χ0v) is 11.8. The summed E-state index contributed by atoms with van der Waals surface area (Å²) in [4.78, 5) is 18.5. The van der Waals surface area contributed by atoms with Crippen molar-refractivity contribution in [2.45, 2.75) is 18.7 Å².